The van der Waals surface area contributed by atoms with Crippen LogP contribution in [0.5, 0.6) is 0 Å². The van der Waals surface area contributed by atoms with Gasteiger partial charge in [0.2, 0.25) is 0 Å². The number of hydrogen-bond acceptors (Lipinski definition) is 4. The Labute approximate surface area is 77.9 Å². The quantitative estimate of drug-likeness (QED) is 0.536. The second-order valence-corrected chi connectivity index (χ2v) is 4.11. The molecule has 0 aromatic carbocycles. The minimum Gasteiger partial charge on any atom is -0.393 e. The highest BCUT2D eigenvalue weighted by Crippen LogP contribution is 2.26. The van der Waals surface area contributed by atoms with E-state index in [4.69, 9.17) is 9.84 Å². The van der Waals surface area contributed by atoms with E-state index in [9.17, 15) is 5.11 Å². The molecule has 13 heavy (non-hydrogen) atoms. The fourth-order valence-corrected chi connectivity index (χ4v) is 1.92. The van der Waals surface area contributed by atoms with Crippen molar-refractivity contribution in [3.63, 3.8) is 0 Å². The van der Waals surface area contributed by atoms with Crippen molar-refractivity contribution in [1.82, 2.24) is 5.32 Å². The molecule has 0 amide bonds. The molecule has 1 saturated heterocycles. The maximum absolute atomic E-state index is 9.41. The maximum atomic E-state index is 9.41. The summed E-state index contributed by atoms with van der Waals surface area (Å²) < 4.78 is 5.11. The van der Waals surface area contributed by atoms with Crippen LogP contribution >= 0.6 is 0 Å². The van der Waals surface area contributed by atoms with Gasteiger partial charge in [-0.15, -0.1) is 0 Å². The molecule has 4 heteroatoms. The first-order valence-corrected chi connectivity index (χ1v) is 4.93. The van der Waals surface area contributed by atoms with Gasteiger partial charge in [0.1, 0.15) is 0 Å². The molecule has 2 unspecified atom stereocenters. The highest BCUT2D eigenvalue weighted by atomic mass is 16.5. The van der Waals surface area contributed by atoms with Crippen molar-refractivity contribution in [2.24, 2.45) is 5.92 Å². The van der Waals surface area contributed by atoms with E-state index < -0.39 is 0 Å². The Morgan fingerprint density at radius 1 is 1.23 bits per heavy atom. The van der Waals surface area contributed by atoms with Crippen LogP contribution in [-0.2, 0) is 4.74 Å². The van der Waals surface area contributed by atoms with E-state index in [0.29, 0.717) is 19.1 Å². The largest absolute Gasteiger partial charge is 0.393 e. The summed E-state index contributed by atoms with van der Waals surface area (Å²) in [6.07, 6.45) is 1.36. The first-order chi connectivity index (χ1) is 6.25. The van der Waals surface area contributed by atoms with Crippen molar-refractivity contribution >= 4 is 0 Å². The fourth-order valence-electron chi connectivity index (χ4n) is 1.92. The van der Waals surface area contributed by atoms with Crippen LogP contribution in [0, 0.1) is 5.92 Å². The summed E-state index contributed by atoms with van der Waals surface area (Å²) in [5.41, 5.74) is 0. The summed E-state index contributed by atoms with van der Waals surface area (Å²) in [5, 5.41) is 21.7. The van der Waals surface area contributed by atoms with Gasteiger partial charge >= 0.3 is 0 Å². The summed E-state index contributed by atoms with van der Waals surface area (Å²) in [5.74, 6) is 0.586. The van der Waals surface area contributed by atoms with Crippen molar-refractivity contribution in [3.05, 3.63) is 0 Å². The van der Waals surface area contributed by atoms with Crippen LogP contribution in [0.3, 0.4) is 0 Å². The van der Waals surface area contributed by atoms with Gasteiger partial charge in [0.05, 0.1) is 31.5 Å². The molecule has 2 rings (SSSR count). The van der Waals surface area contributed by atoms with Crippen molar-refractivity contribution in [2.75, 3.05) is 19.8 Å². The summed E-state index contributed by atoms with van der Waals surface area (Å²) in [7, 11) is 0. The van der Waals surface area contributed by atoms with Crippen molar-refractivity contribution in [2.45, 2.75) is 31.1 Å². The molecule has 2 fully saturated rings. The number of aliphatic hydroxyl groups excluding tert-OH is 2. The van der Waals surface area contributed by atoms with Gasteiger partial charge in [-0.05, 0) is 25.3 Å². The Hall–Kier alpha value is -0.160. The molecule has 0 spiro atoms. The van der Waals surface area contributed by atoms with E-state index in [-0.39, 0.29) is 18.2 Å². The number of aliphatic hydroxyl groups is 2. The van der Waals surface area contributed by atoms with Crippen LogP contribution in [0.1, 0.15) is 12.8 Å². The third-order valence-electron chi connectivity index (χ3n) is 2.93. The molecule has 0 radical (unpaired) electrons. The summed E-state index contributed by atoms with van der Waals surface area (Å²) in [6, 6.07) is 0.0951. The Bertz CT molecular complexity index is 170. The predicted octanol–water partition coefficient (Wildman–Crippen LogP) is -0.893. The molecule has 1 heterocycles. The van der Waals surface area contributed by atoms with Crippen LogP contribution in [-0.4, -0.2) is 48.2 Å². The van der Waals surface area contributed by atoms with Gasteiger partial charge in [0, 0.05) is 0 Å². The third-order valence-corrected chi connectivity index (χ3v) is 2.93. The lowest BCUT2D eigenvalue weighted by atomic mass is 9.82. The highest BCUT2D eigenvalue weighted by Gasteiger charge is 2.30. The Morgan fingerprint density at radius 2 is 2.00 bits per heavy atom. The Balaban J connectivity index is 1.62. The minimum absolute atomic E-state index is 0.0865. The van der Waals surface area contributed by atoms with E-state index in [0.717, 1.165) is 19.4 Å². The zero-order valence-electron chi connectivity index (χ0n) is 7.65. The lowest BCUT2D eigenvalue weighted by molar-refractivity contribution is 0.0397. The van der Waals surface area contributed by atoms with Crippen molar-refractivity contribution < 1.29 is 14.9 Å². The number of ether oxygens (including phenoxy) is 1. The van der Waals surface area contributed by atoms with Crippen LogP contribution in [0.25, 0.3) is 0 Å². The van der Waals surface area contributed by atoms with Crippen LogP contribution in [0.2, 0.25) is 0 Å². The first kappa shape index (κ1) is 9.40. The minimum atomic E-state index is -0.356. The monoisotopic (exact) mass is 187 g/mol. The second-order valence-electron chi connectivity index (χ2n) is 4.11. The molecule has 2 aliphatic rings. The number of nitrogens with one attached hydrogen (secondary N) is 1. The van der Waals surface area contributed by atoms with Gasteiger partial charge < -0.3 is 20.3 Å². The lowest BCUT2D eigenvalue weighted by Crippen LogP contribution is -2.44. The Kier molecular flexibility index (Phi) is 2.83. The predicted molar refractivity (Wildman–Crippen MR) is 47.3 cm³/mol. The van der Waals surface area contributed by atoms with Gasteiger partial charge in [-0.1, -0.05) is 0 Å². The normalized spacial score (nSPS) is 44.8. The first-order valence-electron chi connectivity index (χ1n) is 4.93. The molecule has 0 bridgehead atoms. The zero-order valence-corrected chi connectivity index (χ0v) is 7.65. The fraction of sp³-hybridized carbons (Fsp3) is 1.00. The topological polar surface area (TPSA) is 61.7 Å². The molecule has 2 atom stereocenters. The molecule has 3 N–H and O–H groups in total. The zero-order chi connectivity index (χ0) is 9.26. The van der Waals surface area contributed by atoms with Gasteiger partial charge in [0.25, 0.3) is 0 Å². The third kappa shape index (κ3) is 2.20. The molecule has 0 aromatic heterocycles. The lowest BCUT2D eigenvalue weighted by Gasteiger charge is -2.32. The SMILES string of the molecule is OC1CC(CNC2COCC2O)C1. The van der Waals surface area contributed by atoms with Crippen molar-refractivity contribution in [3.8, 4) is 0 Å². The molecule has 4 nitrogen and oxygen atoms in total. The second kappa shape index (κ2) is 3.92. The van der Waals surface area contributed by atoms with Gasteiger partial charge in [-0.25, -0.2) is 0 Å². The summed E-state index contributed by atoms with van der Waals surface area (Å²) in [4.78, 5) is 0. The molecule has 1 saturated carbocycles. The molecule has 1 aliphatic heterocycles. The maximum Gasteiger partial charge on any atom is 0.0948 e. The Morgan fingerprint density at radius 3 is 2.54 bits per heavy atom. The van der Waals surface area contributed by atoms with Crippen molar-refractivity contribution in [1.29, 1.82) is 0 Å². The smallest absolute Gasteiger partial charge is 0.0948 e. The number of rotatable bonds is 3. The standard InChI is InChI=1S/C9H17NO3/c11-7-1-6(2-7)3-10-8-4-13-5-9(8)12/h6-12H,1-5H2. The van der Waals surface area contributed by atoms with Crippen LogP contribution in [0.4, 0.5) is 0 Å². The van der Waals surface area contributed by atoms with E-state index in [2.05, 4.69) is 5.32 Å². The van der Waals surface area contributed by atoms with Crippen LogP contribution in [0.15, 0.2) is 0 Å². The molecule has 0 aromatic rings. The van der Waals surface area contributed by atoms with E-state index in [1.807, 2.05) is 0 Å². The molecule has 76 valence electrons. The van der Waals surface area contributed by atoms with Crippen LogP contribution < -0.4 is 5.32 Å². The van der Waals surface area contributed by atoms with E-state index >= 15 is 0 Å². The molecular formula is C9H17NO3. The van der Waals surface area contributed by atoms with Gasteiger partial charge in [-0.2, -0.15) is 0 Å². The van der Waals surface area contributed by atoms with E-state index in [1.54, 1.807) is 0 Å². The summed E-state index contributed by atoms with van der Waals surface area (Å²) >= 11 is 0. The highest BCUT2D eigenvalue weighted by molar-refractivity contribution is 4.85. The average molecular weight is 187 g/mol. The van der Waals surface area contributed by atoms with Gasteiger partial charge in [0.15, 0.2) is 0 Å². The average Bonchev–Trinajstić information content (AvgIpc) is 2.43. The van der Waals surface area contributed by atoms with E-state index in [1.165, 1.54) is 0 Å². The molecular weight excluding hydrogens is 170 g/mol. The van der Waals surface area contributed by atoms with Gasteiger partial charge in [-0.3, -0.25) is 0 Å². The molecule has 1 aliphatic carbocycles. The summed E-state index contributed by atoms with van der Waals surface area (Å²) in [6.45, 7) is 1.95. The number of hydrogen-bond donors (Lipinski definition) is 3.